The second-order valence-corrected chi connectivity index (χ2v) is 5.11. The van der Waals surface area contributed by atoms with Crippen LogP contribution in [0.25, 0.3) is 0 Å². The number of anilines is 1. The molecule has 112 valence electrons. The number of nitrogens with zero attached hydrogens (tertiary/aromatic N) is 2. The number of carboxylic acid groups (broad SMARTS) is 1. The third-order valence-corrected chi connectivity index (χ3v) is 3.65. The second kappa shape index (κ2) is 5.85. The van der Waals surface area contributed by atoms with Crippen molar-refractivity contribution in [3.8, 4) is 0 Å². The van der Waals surface area contributed by atoms with Crippen LogP contribution < -0.4 is 5.32 Å². The molecule has 0 spiro atoms. The molecule has 3 rings (SSSR count). The summed E-state index contributed by atoms with van der Waals surface area (Å²) in [5, 5.41) is 11.5. The fourth-order valence-electron chi connectivity index (χ4n) is 2.47. The molecule has 1 aliphatic rings. The Morgan fingerprint density at radius 2 is 1.91 bits per heavy atom. The van der Waals surface area contributed by atoms with Gasteiger partial charge < -0.3 is 15.3 Å². The van der Waals surface area contributed by atoms with Crippen molar-refractivity contribution in [2.24, 2.45) is 0 Å². The molecule has 6 nitrogen and oxygen atoms in total. The van der Waals surface area contributed by atoms with E-state index >= 15 is 0 Å². The van der Waals surface area contributed by atoms with E-state index in [4.69, 9.17) is 5.11 Å². The van der Waals surface area contributed by atoms with Crippen LogP contribution in [0.3, 0.4) is 0 Å². The maximum absolute atomic E-state index is 12.3. The van der Waals surface area contributed by atoms with E-state index in [9.17, 15) is 9.59 Å². The van der Waals surface area contributed by atoms with Crippen LogP contribution >= 0.6 is 0 Å². The van der Waals surface area contributed by atoms with Crippen molar-refractivity contribution in [1.29, 1.82) is 0 Å². The molecule has 22 heavy (non-hydrogen) atoms. The number of rotatable bonds is 2. The van der Waals surface area contributed by atoms with Gasteiger partial charge in [-0.15, -0.1) is 0 Å². The number of carbonyl (C=O) groups is 2. The molecule has 0 aliphatic carbocycles. The number of hydrogen-bond acceptors (Lipinski definition) is 3. The van der Waals surface area contributed by atoms with Crippen LogP contribution in [-0.2, 0) is 13.0 Å². The van der Waals surface area contributed by atoms with Crippen molar-refractivity contribution in [3.05, 3.63) is 59.4 Å². The zero-order valence-electron chi connectivity index (χ0n) is 11.8. The number of nitrogens with one attached hydrogen (secondary N) is 1. The molecule has 2 aromatic rings. The molecule has 1 aromatic carbocycles. The van der Waals surface area contributed by atoms with Crippen molar-refractivity contribution in [3.63, 3.8) is 0 Å². The van der Waals surface area contributed by atoms with Crippen LogP contribution in [0.15, 0.2) is 42.6 Å². The summed E-state index contributed by atoms with van der Waals surface area (Å²) in [5.74, 6) is -1.09. The molecular formula is C16H15N3O3. The third kappa shape index (κ3) is 2.90. The summed E-state index contributed by atoms with van der Waals surface area (Å²) in [4.78, 5) is 28.5. The number of benzene rings is 1. The highest BCUT2D eigenvalue weighted by atomic mass is 16.4. The van der Waals surface area contributed by atoms with E-state index in [-0.39, 0.29) is 11.7 Å². The minimum Gasteiger partial charge on any atom is -0.477 e. The summed E-state index contributed by atoms with van der Waals surface area (Å²) in [6.45, 7) is 1.23. The van der Waals surface area contributed by atoms with Gasteiger partial charge in [0.15, 0.2) is 0 Å². The largest absolute Gasteiger partial charge is 0.477 e. The summed E-state index contributed by atoms with van der Waals surface area (Å²) in [6.07, 6.45) is 2.18. The minimum absolute atomic E-state index is 0.0510. The van der Waals surface area contributed by atoms with E-state index in [1.165, 1.54) is 23.9 Å². The van der Waals surface area contributed by atoms with Crippen LogP contribution in [-0.4, -0.2) is 33.5 Å². The van der Waals surface area contributed by atoms with Gasteiger partial charge in [-0.3, -0.25) is 0 Å². The maximum Gasteiger partial charge on any atom is 0.354 e. The van der Waals surface area contributed by atoms with Gasteiger partial charge in [0.2, 0.25) is 0 Å². The Kier molecular flexibility index (Phi) is 3.74. The molecule has 2 N–H and O–H groups in total. The van der Waals surface area contributed by atoms with E-state index in [0.29, 0.717) is 18.8 Å². The van der Waals surface area contributed by atoms with Crippen molar-refractivity contribution in [1.82, 2.24) is 9.88 Å². The Labute approximate surface area is 127 Å². The van der Waals surface area contributed by atoms with Crippen LogP contribution in [0.1, 0.15) is 21.6 Å². The molecule has 0 atom stereocenters. The predicted molar refractivity (Wildman–Crippen MR) is 80.8 cm³/mol. The Morgan fingerprint density at radius 1 is 1.14 bits per heavy atom. The Balaban J connectivity index is 1.66. The molecule has 6 heteroatoms. The van der Waals surface area contributed by atoms with Crippen LogP contribution in [0.2, 0.25) is 0 Å². The third-order valence-electron chi connectivity index (χ3n) is 3.65. The van der Waals surface area contributed by atoms with E-state index in [1.54, 1.807) is 4.90 Å². The first-order valence-electron chi connectivity index (χ1n) is 6.95. The minimum atomic E-state index is -1.09. The molecular weight excluding hydrogens is 282 g/mol. The summed E-state index contributed by atoms with van der Waals surface area (Å²) in [5.41, 5.74) is 2.86. The monoisotopic (exact) mass is 297 g/mol. The number of fused-ring (bicyclic) bond motifs is 1. The highest BCUT2D eigenvalue weighted by Gasteiger charge is 2.20. The average molecular weight is 297 g/mol. The smallest absolute Gasteiger partial charge is 0.354 e. The standard InChI is InChI=1S/C16H15N3O3/c20-15(21)14-6-5-13(9-17-14)18-16(22)19-8-7-11-3-1-2-4-12(11)10-19/h1-6,9H,7-8,10H2,(H,18,22)(H,20,21). The van der Waals surface area contributed by atoms with Gasteiger partial charge in [0.1, 0.15) is 5.69 Å². The van der Waals surface area contributed by atoms with Crippen molar-refractivity contribution in [2.75, 3.05) is 11.9 Å². The summed E-state index contributed by atoms with van der Waals surface area (Å²) in [7, 11) is 0. The quantitative estimate of drug-likeness (QED) is 0.891. The van der Waals surface area contributed by atoms with E-state index < -0.39 is 5.97 Å². The number of hydrogen-bond donors (Lipinski definition) is 2. The first kappa shape index (κ1) is 14.1. The van der Waals surface area contributed by atoms with Crippen molar-refractivity contribution in [2.45, 2.75) is 13.0 Å². The van der Waals surface area contributed by atoms with Gasteiger partial charge in [0.25, 0.3) is 0 Å². The van der Waals surface area contributed by atoms with Gasteiger partial charge in [-0.1, -0.05) is 24.3 Å². The van der Waals surface area contributed by atoms with Gasteiger partial charge in [0.05, 0.1) is 11.9 Å². The van der Waals surface area contributed by atoms with Gasteiger partial charge in [-0.25, -0.2) is 14.6 Å². The summed E-state index contributed by atoms with van der Waals surface area (Å²) >= 11 is 0. The van der Waals surface area contributed by atoms with Gasteiger partial charge >= 0.3 is 12.0 Å². The molecule has 2 heterocycles. The zero-order chi connectivity index (χ0) is 15.5. The Bertz CT molecular complexity index is 713. The predicted octanol–water partition coefficient (Wildman–Crippen LogP) is 2.37. The van der Waals surface area contributed by atoms with Crippen molar-refractivity contribution >= 4 is 17.7 Å². The van der Waals surface area contributed by atoms with Gasteiger partial charge in [-0.05, 0) is 29.7 Å². The molecule has 0 saturated heterocycles. The molecule has 0 unspecified atom stereocenters. The van der Waals surface area contributed by atoms with E-state index in [2.05, 4.69) is 16.4 Å². The Hall–Kier alpha value is -2.89. The maximum atomic E-state index is 12.3. The Morgan fingerprint density at radius 3 is 2.59 bits per heavy atom. The molecule has 2 amide bonds. The second-order valence-electron chi connectivity index (χ2n) is 5.11. The number of carbonyl (C=O) groups excluding carboxylic acids is 1. The van der Waals surface area contributed by atoms with E-state index in [0.717, 1.165) is 12.0 Å². The van der Waals surface area contributed by atoms with Crippen LogP contribution in [0, 0.1) is 0 Å². The fraction of sp³-hybridized carbons (Fsp3) is 0.188. The number of aromatic nitrogens is 1. The number of amides is 2. The number of aromatic carboxylic acids is 1. The molecule has 0 radical (unpaired) electrons. The van der Waals surface area contributed by atoms with Crippen LogP contribution in [0.4, 0.5) is 10.5 Å². The molecule has 0 bridgehead atoms. The summed E-state index contributed by atoms with van der Waals surface area (Å²) < 4.78 is 0. The number of pyridine rings is 1. The lowest BCUT2D eigenvalue weighted by atomic mass is 10.0. The lowest BCUT2D eigenvalue weighted by Crippen LogP contribution is -2.38. The average Bonchev–Trinajstić information content (AvgIpc) is 2.55. The van der Waals surface area contributed by atoms with Gasteiger partial charge in [-0.2, -0.15) is 0 Å². The summed E-state index contributed by atoms with van der Waals surface area (Å²) in [6, 6.07) is 10.8. The first-order valence-corrected chi connectivity index (χ1v) is 6.95. The molecule has 1 aliphatic heterocycles. The highest BCUT2D eigenvalue weighted by Crippen LogP contribution is 2.19. The van der Waals surface area contributed by atoms with Crippen molar-refractivity contribution < 1.29 is 14.7 Å². The first-order chi connectivity index (χ1) is 10.6. The topological polar surface area (TPSA) is 82.5 Å². The SMILES string of the molecule is O=C(O)c1ccc(NC(=O)N2CCc3ccccc3C2)cn1. The number of urea groups is 1. The molecule has 0 fully saturated rings. The molecule has 1 aromatic heterocycles. The fourth-order valence-corrected chi connectivity index (χ4v) is 2.47. The normalized spacial score (nSPS) is 13.4. The molecule has 0 saturated carbocycles. The van der Waals surface area contributed by atoms with Crippen LogP contribution in [0.5, 0.6) is 0 Å². The van der Waals surface area contributed by atoms with E-state index in [1.807, 2.05) is 18.2 Å². The zero-order valence-corrected chi connectivity index (χ0v) is 11.8. The highest BCUT2D eigenvalue weighted by molar-refractivity contribution is 5.90. The number of carboxylic acids is 1. The lowest BCUT2D eigenvalue weighted by molar-refractivity contribution is 0.0690. The lowest BCUT2D eigenvalue weighted by Gasteiger charge is -2.28. The van der Waals surface area contributed by atoms with Gasteiger partial charge in [0, 0.05) is 13.1 Å².